The number of quaternary nitrogens is 1. The van der Waals surface area contributed by atoms with Crippen LogP contribution in [0.5, 0.6) is 0 Å². The van der Waals surface area contributed by atoms with Gasteiger partial charge < -0.3 is 0 Å². The number of hydrogen-bond acceptors (Lipinski definition) is 1. The van der Waals surface area contributed by atoms with Crippen LogP contribution in [0.15, 0.2) is 12.2 Å². The lowest BCUT2D eigenvalue weighted by Gasteiger charge is -2.48. The largest absolute Gasteiger partial charge is 0.291 e. The van der Waals surface area contributed by atoms with Crippen molar-refractivity contribution in [1.29, 1.82) is 0 Å². The molecule has 0 bridgehead atoms. The fourth-order valence-corrected chi connectivity index (χ4v) is 3.08. The standard InChI is InChI=1S/C16H32N2O/c1-8-11-16(12-9-2,13-10-3)18(6,7)17-15(19)14(4)5/h4,8-13H2,1-3,5-7H3/p+1. The predicted octanol–water partition coefficient (Wildman–Crippen LogP) is 3.81. The molecule has 0 aromatic rings. The van der Waals surface area contributed by atoms with Crippen LogP contribution in [-0.4, -0.2) is 30.1 Å². The van der Waals surface area contributed by atoms with E-state index in [2.05, 4.69) is 46.9 Å². The number of amides is 1. The van der Waals surface area contributed by atoms with Crippen LogP contribution < -0.4 is 5.43 Å². The van der Waals surface area contributed by atoms with Gasteiger partial charge in [0.15, 0.2) is 0 Å². The highest BCUT2D eigenvalue weighted by Crippen LogP contribution is 2.34. The third-order valence-corrected chi connectivity index (χ3v) is 4.10. The van der Waals surface area contributed by atoms with E-state index in [1.54, 1.807) is 6.92 Å². The van der Waals surface area contributed by atoms with E-state index in [0.717, 1.165) is 38.5 Å². The van der Waals surface area contributed by atoms with Crippen molar-refractivity contribution in [3.05, 3.63) is 12.2 Å². The van der Waals surface area contributed by atoms with Gasteiger partial charge in [-0.3, -0.25) is 4.79 Å². The second-order valence-electron chi connectivity index (χ2n) is 6.15. The van der Waals surface area contributed by atoms with Crippen molar-refractivity contribution >= 4 is 5.91 Å². The van der Waals surface area contributed by atoms with E-state index in [1.165, 1.54) is 0 Å². The predicted molar refractivity (Wildman–Crippen MR) is 82.5 cm³/mol. The maximum Gasteiger partial charge on any atom is 0.291 e. The van der Waals surface area contributed by atoms with Crippen molar-refractivity contribution < 1.29 is 9.39 Å². The molecule has 1 amide bonds. The molecule has 3 heteroatoms. The zero-order chi connectivity index (χ0) is 15.1. The number of rotatable bonds is 9. The SMILES string of the molecule is C=C(C)C(=O)N[N+](C)(C)C(CCC)(CCC)CCC. The molecule has 112 valence electrons. The van der Waals surface area contributed by atoms with E-state index >= 15 is 0 Å². The molecule has 0 atom stereocenters. The lowest BCUT2D eigenvalue weighted by Crippen LogP contribution is -2.67. The Hall–Kier alpha value is -0.830. The smallest absolute Gasteiger partial charge is 0.265 e. The molecule has 0 heterocycles. The van der Waals surface area contributed by atoms with Gasteiger partial charge in [-0.25, -0.2) is 4.59 Å². The van der Waals surface area contributed by atoms with E-state index in [4.69, 9.17) is 0 Å². The first-order valence-electron chi connectivity index (χ1n) is 7.58. The quantitative estimate of drug-likeness (QED) is 0.385. The average Bonchev–Trinajstić information content (AvgIpc) is 2.28. The van der Waals surface area contributed by atoms with Gasteiger partial charge in [0, 0.05) is 24.8 Å². The van der Waals surface area contributed by atoms with Crippen LogP contribution in [0, 0.1) is 0 Å². The van der Waals surface area contributed by atoms with E-state index in [-0.39, 0.29) is 11.4 Å². The van der Waals surface area contributed by atoms with Gasteiger partial charge in [-0.15, -0.1) is 0 Å². The maximum atomic E-state index is 12.0. The molecule has 0 aliphatic rings. The number of carbonyl (C=O) groups is 1. The first kappa shape index (κ1) is 18.2. The molecule has 0 aliphatic heterocycles. The average molecular weight is 269 g/mol. The van der Waals surface area contributed by atoms with E-state index in [9.17, 15) is 4.79 Å². The molecule has 0 spiro atoms. The normalized spacial score (nSPS) is 12.3. The Labute approximate surface area is 119 Å². The van der Waals surface area contributed by atoms with Gasteiger partial charge in [-0.05, 0) is 6.92 Å². The molecule has 0 radical (unpaired) electrons. The van der Waals surface area contributed by atoms with Crippen LogP contribution in [0.4, 0.5) is 0 Å². The summed E-state index contributed by atoms with van der Waals surface area (Å²) in [4.78, 5) is 12.0. The minimum Gasteiger partial charge on any atom is -0.265 e. The summed E-state index contributed by atoms with van der Waals surface area (Å²) in [6, 6.07) is 0. The minimum absolute atomic E-state index is 0.0438. The summed E-state index contributed by atoms with van der Waals surface area (Å²) in [5.74, 6) is -0.0438. The fraction of sp³-hybridized carbons (Fsp3) is 0.812. The van der Waals surface area contributed by atoms with E-state index in [0.29, 0.717) is 10.2 Å². The Morgan fingerprint density at radius 1 is 1.05 bits per heavy atom. The summed E-state index contributed by atoms with van der Waals surface area (Å²) in [5.41, 5.74) is 3.85. The summed E-state index contributed by atoms with van der Waals surface area (Å²) in [7, 11) is 4.23. The Kier molecular flexibility index (Phi) is 7.35. The lowest BCUT2D eigenvalue weighted by molar-refractivity contribution is -0.975. The Balaban J connectivity index is 5.28. The van der Waals surface area contributed by atoms with Crippen LogP contribution >= 0.6 is 0 Å². The first-order valence-corrected chi connectivity index (χ1v) is 7.58. The van der Waals surface area contributed by atoms with Crippen molar-refractivity contribution in [3.8, 4) is 0 Å². The zero-order valence-electron chi connectivity index (χ0n) is 13.8. The van der Waals surface area contributed by atoms with Crippen LogP contribution in [0.3, 0.4) is 0 Å². The van der Waals surface area contributed by atoms with E-state index in [1.807, 2.05) is 0 Å². The van der Waals surface area contributed by atoms with Gasteiger partial charge in [0.1, 0.15) is 5.54 Å². The molecule has 0 fully saturated rings. The highest BCUT2D eigenvalue weighted by Gasteiger charge is 2.44. The summed E-state index contributed by atoms with van der Waals surface area (Å²) in [6.07, 6.45) is 6.84. The number of nitrogens with one attached hydrogen (secondary N) is 1. The molecule has 0 saturated heterocycles. The molecule has 1 N–H and O–H groups in total. The molecular weight excluding hydrogens is 236 g/mol. The van der Waals surface area contributed by atoms with Crippen molar-refractivity contribution in [1.82, 2.24) is 5.43 Å². The van der Waals surface area contributed by atoms with Gasteiger partial charge in [0.2, 0.25) is 0 Å². The summed E-state index contributed by atoms with van der Waals surface area (Å²) < 4.78 is 0.550. The maximum absolute atomic E-state index is 12.0. The van der Waals surface area contributed by atoms with Crippen molar-refractivity contribution in [3.63, 3.8) is 0 Å². The molecule has 0 unspecified atom stereocenters. The second-order valence-corrected chi connectivity index (χ2v) is 6.15. The Morgan fingerprint density at radius 2 is 1.42 bits per heavy atom. The molecule has 19 heavy (non-hydrogen) atoms. The number of hydrogen-bond donors (Lipinski definition) is 1. The van der Waals surface area contributed by atoms with Gasteiger partial charge in [0.25, 0.3) is 5.91 Å². The monoisotopic (exact) mass is 269 g/mol. The van der Waals surface area contributed by atoms with Crippen LogP contribution in [0.2, 0.25) is 0 Å². The summed E-state index contributed by atoms with van der Waals surface area (Å²) in [5, 5.41) is 0. The van der Waals surface area contributed by atoms with Gasteiger partial charge >= 0.3 is 0 Å². The van der Waals surface area contributed by atoms with E-state index < -0.39 is 0 Å². The van der Waals surface area contributed by atoms with Crippen molar-refractivity contribution in [2.75, 3.05) is 14.1 Å². The topological polar surface area (TPSA) is 29.1 Å². The number of carbonyl (C=O) groups excluding carboxylic acids is 1. The molecule has 0 aromatic carbocycles. The zero-order valence-corrected chi connectivity index (χ0v) is 13.8. The molecule has 3 nitrogen and oxygen atoms in total. The Morgan fingerprint density at radius 3 is 1.68 bits per heavy atom. The third kappa shape index (κ3) is 4.64. The molecule has 0 aromatic heterocycles. The van der Waals surface area contributed by atoms with Crippen LogP contribution in [0.25, 0.3) is 0 Å². The molecule has 0 rings (SSSR count). The fourth-order valence-electron chi connectivity index (χ4n) is 3.08. The third-order valence-electron chi connectivity index (χ3n) is 4.10. The van der Waals surface area contributed by atoms with Crippen LogP contribution in [-0.2, 0) is 4.79 Å². The second kappa shape index (κ2) is 7.68. The highest BCUT2D eigenvalue weighted by molar-refractivity contribution is 5.91. The minimum atomic E-state index is -0.0438. The molecule has 0 saturated carbocycles. The highest BCUT2D eigenvalue weighted by atomic mass is 16.2. The van der Waals surface area contributed by atoms with Crippen molar-refractivity contribution in [2.45, 2.75) is 71.8 Å². The lowest BCUT2D eigenvalue weighted by atomic mass is 9.82. The molecular formula is C16H33N2O+. The van der Waals surface area contributed by atoms with Gasteiger partial charge in [-0.1, -0.05) is 46.6 Å². The summed E-state index contributed by atoms with van der Waals surface area (Å²) >= 11 is 0. The van der Waals surface area contributed by atoms with Crippen LogP contribution in [0.1, 0.15) is 66.2 Å². The van der Waals surface area contributed by atoms with Crippen molar-refractivity contribution in [2.24, 2.45) is 0 Å². The number of nitrogens with zero attached hydrogens (tertiary/aromatic N) is 1. The first-order chi connectivity index (χ1) is 8.76. The Bertz CT molecular complexity index is 291. The molecule has 0 aliphatic carbocycles. The summed E-state index contributed by atoms with van der Waals surface area (Å²) in [6.45, 7) is 12.2. The van der Waals surface area contributed by atoms with Gasteiger partial charge in [-0.2, -0.15) is 5.43 Å². The van der Waals surface area contributed by atoms with Gasteiger partial charge in [0.05, 0.1) is 14.1 Å².